The van der Waals surface area contributed by atoms with Gasteiger partial charge in [0, 0.05) is 11.3 Å². The van der Waals surface area contributed by atoms with Crippen molar-refractivity contribution in [2.75, 3.05) is 5.75 Å². The number of amides is 1. The number of thioether (sulfide) groups is 1. The average molecular weight is 490 g/mol. The van der Waals surface area contributed by atoms with E-state index < -0.39 is 0 Å². The molecule has 0 aliphatic rings. The van der Waals surface area contributed by atoms with Crippen molar-refractivity contribution in [3.05, 3.63) is 121 Å². The zero-order chi connectivity index (χ0) is 24.6. The molecule has 5 aromatic rings. The molecule has 1 aromatic heterocycles. The largest absolute Gasteiger partial charge is 0.272 e. The van der Waals surface area contributed by atoms with Gasteiger partial charge in [-0.3, -0.25) is 9.36 Å². The molecule has 0 spiro atoms. The first kappa shape index (κ1) is 23.3. The maximum atomic E-state index is 12.5. The summed E-state index contributed by atoms with van der Waals surface area (Å²) in [4.78, 5) is 12.5. The molecule has 0 aliphatic heterocycles. The summed E-state index contributed by atoms with van der Waals surface area (Å²) in [5.74, 6) is 0.659. The summed E-state index contributed by atoms with van der Waals surface area (Å²) in [7, 11) is 0. The third kappa shape index (κ3) is 5.59. The Kier molecular flexibility index (Phi) is 7.30. The molecule has 1 heterocycles. The van der Waals surface area contributed by atoms with E-state index in [1.54, 1.807) is 6.21 Å². The highest BCUT2D eigenvalue weighted by Gasteiger charge is 2.17. The van der Waals surface area contributed by atoms with E-state index in [0.717, 1.165) is 33.8 Å². The number of nitrogens with one attached hydrogen (secondary N) is 1. The third-order valence-corrected chi connectivity index (χ3v) is 6.36. The molecule has 7 heteroatoms. The lowest BCUT2D eigenvalue weighted by Crippen LogP contribution is -2.20. The molecule has 4 aromatic carbocycles. The first-order valence-corrected chi connectivity index (χ1v) is 12.4. The number of hydrogen-bond donors (Lipinski definition) is 1. The number of hydrazone groups is 1. The number of rotatable bonds is 8. The van der Waals surface area contributed by atoms with Crippen LogP contribution in [0.5, 0.6) is 0 Å². The molecule has 0 saturated carbocycles. The van der Waals surface area contributed by atoms with E-state index in [1.807, 2.05) is 108 Å². The molecule has 0 unspecified atom stereocenters. The van der Waals surface area contributed by atoms with Crippen molar-refractivity contribution in [3.8, 4) is 28.2 Å². The van der Waals surface area contributed by atoms with Crippen molar-refractivity contribution < 1.29 is 4.79 Å². The van der Waals surface area contributed by atoms with E-state index in [0.29, 0.717) is 5.16 Å². The Balaban J connectivity index is 1.23. The number of para-hydroxylation sites is 1. The van der Waals surface area contributed by atoms with Crippen LogP contribution in [0.4, 0.5) is 0 Å². The molecule has 0 atom stereocenters. The van der Waals surface area contributed by atoms with Crippen LogP contribution in [0, 0.1) is 0 Å². The molecule has 176 valence electrons. The second-order valence-electron chi connectivity index (χ2n) is 7.91. The summed E-state index contributed by atoms with van der Waals surface area (Å²) in [5, 5.41) is 13.5. The fourth-order valence-electron chi connectivity index (χ4n) is 3.68. The number of carbonyl (C=O) groups is 1. The smallest absolute Gasteiger partial charge is 0.250 e. The zero-order valence-corrected chi connectivity index (χ0v) is 20.2. The molecule has 0 fully saturated rings. The van der Waals surface area contributed by atoms with Crippen molar-refractivity contribution in [1.82, 2.24) is 20.2 Å². The second-order valence-corrected chi connectivity index (χ2v) is 8.86. The van der Waals surface area contributed by atoms with Crippen LogP contribution >= 0.6 is 11.8 Å². The predicted molar refractivity (Wildman–Crippen MR) is 145 cm³/mol. The fraction of sp³-hybridized carbons (Fsp3) is 0.0345. The molecule has 5 rings (SSSR count). The van der Waals surface area contributed by atoms with Gasteiger partial charge in [0.15, 0.2) is 11.0 Å². The van der Waals surface area contributed by atoms with Crippen LogP contribution < -0.4 is 5.43 Å². The van der Waals surface area contributed by atoms with E-state index in [-0.39, 0.29) is 11.7 Å². The van der Waals surface area contributed by atoms with E-state index in [2.05, 4.69) is 32.9 Å². The summed E-state index contributed by atoms with van der Waals surface area (Å²) in [5.41, 5.74) is 7.67. The van der Waals surface area contributed by atoms with Crippen LogP contribution in [-0.4, -0.2) is 32.6 Å². The Labute approximate surface area is 213 Å². The molecule has 6 nitrogen and oxygen atoms in total. The Morgan fingerprint density at radius 1 is 0.750 bits per heavy atom. The van der Waals surface area contributed by atoms with Gasteiger partial charge in [0.05, 0.1) is 12.0 Å². The Hall–Kier alpha value is -4.49. The fourth-order valence-corrected chi connectivity index (χ4v) is 4.43. The molecule has 0 saturated heterocycles. The lowest BCUT2D eigenvalue weighted by molar-refractivity contribution is -0.118. The molecule has 1 N–H and O–H groups in total. The Morgan fingerprint density at radius 3 is 2.00 bits per heavy atom. The number of carbonyl (C=O) groups excluding carboxylic acids is 1. The van der Waals surface area contributed by atoms with Gasteiger partial charge < -0.3 is 0 Å². The van der Waals surface area contributed by atoms with Gasteiger partial charge in [-0.05, 0) is 28.8 Å². The maximum absolute atomic E-state index is 12.5. The summed E-state index contributed by atoms with van der Waals surface area (Å²) in [6, 6.07) is 37.9. The molecule has 0 aliphatic carbocycles. The summed E-state index contributed by atoms with van der Waals surface area (Å²) < 4.78 is 1.96. The van der Waals surface area contributed by atoms with E-state index >= 15 is 0 Å². The maximum Gasteiger partial charge on any atom is 0.250 e. The van der Waals surface area contributed by atoms with Crippen LogP contribution in [0.3, 0.4) is 0 Å². The highest BCUT2D eigenvalue weighted by Crippen LogP contribution is 2.27. The van der Waals surface area contributed by atoms with Gasteiger partial charge in [-0.2, -0.15) is 5.10 Å². The van der Waals surface area contributed by atoms with E-state index in [1.165, 1.54) is 11.8 Å². The van der Waals surface area contributed by atoms with Crippen LogP contribution in [0.25, 0.3) is 28.2 Å². The van der Waals surface area contributed by atoms with Crippen molar-refractivity contribution in [1.29, 1.82) is 0 Å². The SMILES string of the molecule is O=C(CSc1nnc(-c2ccccc2)n1-c1ccccc1)N/N=C\c1ccc(-c2ccccc2)cc1. The average Bonchev–Trinajstić information content (AvgIpc) is 3.38. The first-order valence-electron chi connectivity index (χ1n) is 11.4. The molecule has 0 radical (unpaired) electrons. The van der Waals surface area contributed by atoms with Crippen LogP contribution in [0.15, 0.2) is 126 Å². The predicted octanol–water partition coefficient (Wildman–Crippen LogP) is 5.84. The normalized spacial score (nSPS) is 11.0. The van der Waals surface area contributed by atoms with Gasteiger partial charge in [-0.25, -0.2) is 5.43 Å². The quantitative estimate of drug-likeness (QED) is 0.169. The minimum absolute atomic E-state index is 0.157. The third-order valence-electron chi connectivity index (χ3n) is 5.43. The summed E-state index contributed by atoms with van der Waals surface area (Å²) in [6.07, 6.45) is 1.64. The minimum atomic E-state index is -0.221. The van der Waals surface area contributed by atoms with Crippen molar-refractivity contribution in [2.24, 2.45) is 5.10 Å². The molecule has 36 heavy (non-hydrogen) atoms. The lowest BCUT2D eigenvalue weighted by Gasteiger charge is -2.10. The molecular formula is C29H23N5OS. The number of aromatic nitrogens is 3. The second kappa shape index (κ2) is 11.3. The monoisotopic (exact) mass is 489 g/mol. The number of benzene rings is 4. The Morgan fingerprint density at radius 2 is 1.33 bits per heavy atom. The Bertz CT molecular complexity index is 1450. The van der Waals surface area contributed by atoms with Gasteiger partial charge in [0.2, 0.25) is 0 Å². The van der Waals surface area contributed by atoms with Crippen molar-refractivity contribution in [3.63, 3.8) is 0 Å². The highest BCUT2D eigenvalue weighted by molar-refractivity contribution is 7.99. The minimum Gasteiger partial charge on any atom is -0.272 e. The summed E-state index contributed by atoms with van der Waals surface area (Å²) in [6.45, 7) is 0. The molecular weight excluding hydrogens is 466 g/mol. The van der Waals surface area contributed by atoms with Crippen LogP contribution in [-0.2, 0) is 4.79 Å². The first-order chi connectivity index (χ1) is 17.8. The zero-order valence-electron chi connectivity index (χ0n) is 19.4. The van der Waals surface area contributed by atoms with Gasteiger partial charge in [0.1, 0.15) is 0 Å². The van der Waals surface area contributed by atoms with Gasteiger partial charge in [0.25, 0.3) is 5.91 Å². The van der Waals surface area contributed by atoms with Gasteiger partial charge in [-0.15, -0.1) is 10.2 Å². The van der Waals surface area contributed by atoms with E-state index in [4.69, 9.17) is 0 Å². The molecule has 0 bridgehead atoms. The van der Waals surface area contributed by atoms with Crippen molar-refractivity contribution in [2.45, 2.75) is 5.16 Å². The molecule has 1 amide bonds. The highest BCUT2D eigenvalue weighted by atomic mass is 32.2. The van der Waals surface area contributed by atoms with Crippen molar-refractivity contribution >= 4 is 23.9 Å². The lowest BCUT2D eigenvalue weighted by atomic mass is 10.0. The number of hydrogen-bond acceptors (Lipinski definition) is 5. The summed E-state index contributed by atoms with van der Waals surface area (Å²) >= 11 is 1.31. The van der Waals surface area contributed by atoms with Crippen LogP contribution in [0.1, 0.15) is 5.56 Å². The topological polar surface area (TPSA) is 72.2 Å². The standard InChI is InChI=1S/C29H23N5OS/c35-27(31-30-20-22-16-18-24(19-17-22)23-10-4-1-5-11-23)21-36-29-33-32-28(25-12-6-2-7-13-25)34(29)26-14-8-3-9-15-26/h1-20H,21H2,(H,31,35)/b30-20-. The van der Waals surface area contributed by atoms with E-state index in [9.17, 15) is 4.79 Å². The number of nitrogens with zero attached hydrogens (tertiary/aromatic N) is 4. The van der Waals surface area contributed by atoms with Crippen LogP contribution in [0.2, 0.25) is 0 Å². The van der Waals surface area contributed by atoms with Gasteiger partial charge in [-0.1, -0.05) is 115 Å². The van der Waals surface area contributed by atoms with Gasteiger partial charge >= 0.3 is 0 Å².